The zero-order chi connectivity index (χ0) is 10.2. The van der Waals surface area contributed by atoms with Gasteiger partial charge < -0.3 is 15.1 Å². The van der Waals surface area contributed by atoms with Gasteiger partial charge in [0.15, 0.2) is 0 Å². The molecule has 1 saturated carbocycles. The molecule has 0 bridgehead atoms. The predicted octanol–water partition coefficient (Wildman–Crippen LogP) is 1.51. The van der Waals surface area contributed by atoms with Crippen molar-refractivity contribution in [1.82, 2.24) is 4.90 Å². The van der Waals surface area contributed by atoms with Crippen LogP contribution in [0.2, 0.25) is 0 Å². The van der Waals surface area contributed by atoms with Crippen LogP contribution in [-0.4, -0.2) is 24.0 Å². The summed E-state index contributed by atoms with van der Waals surface area (Å²) in [5.74, 6) is 1.01. The predicted molar refractivity (Wildman–Crippen MR) is 55.9 cm³/mol. The van der Waals surface area contributed by atoms with Gasteiger partial charge in [-0.25, -0.2) is 0 Å². The van der Waals surface area contributed by atoms with E-state index >= 15 is 0 Å². The lowest BCUT2D eigenvalue weighted by atomic mass is 10.2. The van der Waals surface area contributed by atoms with Crippen molar-refractivity contribution in [3.05, 3.63) is 23.7 Å². The summed E-state index contributed by atoms with van der Waals surface area (Å²) in [5, 5.41) is 0. The highest BCUT2D eigenvalue weighted by molar-refractivity contribution is 5.15. The van der Waals surface area contributed by atoms with Crippen LogP contribution in [0.3, 0.4) is 0 Å². The molecule has 1 heterocycles. The van der Waals surface area contributed by atoms with Gasteiger partial charge in [-0.2, -0.15) is 0 Å². The van der Waals surface area contributed by atoms with Gasteiger partial charge in [0.05, 0.1) is 6.26 Å². The van der Waals surface area contributed by atoms with Crippen LogP contribution in [0.15, 0.2) is 16.7 Å². The molecule has 0 aliphatic heterocycles. The molecule has 0 amide bonds. The fourth-order valence-corrected chi connectivity index (χ4v) is 1.78. The molecule has 3 nitrogen and oxygen atoms in total. The smallest absolute Gasteiger partial charge is 0.105 e. The maximum atomic E-state index is 6.05. The molecule has 1 aromatic heterocycles. The number of nitrogens with zero attached hydrogens (tertiary/aromatic N) is 1. The minimum Gasteiger partial charge on any atom is -0.469 e. The topological polar surface area (TPSA) is 42.4 Å². The van der Waals surface area contributed by atoms with Crippen LogP contribution in [-0.2, 0) is 6.54 Å². The Morgan fingerprint density at radius 2 is 2.29 bits per heavy atom. The van der Waals surface area contributed by atoms with E-state index in [9.17, 15) is 0 Å². The molecule has 0 spiro atoms. The van der Waals surface area contributed by atoms with Crippen LogP contribution in [0.4, 0.5) is 0 Å². The third kappa shape index (κ3) is 2.16. The van der Waals surface area contributed by atoms with Crippen LogP contribution in [0.5, 0.6) is 0 Å². The van der Waals surface area contributed by atoms with E-state index in [0.717, 1.165) is 18.8 Å². The Morgan fingerprint density at radius 3 is 2.79 bits per heavy atom. The van der Waals surface area contributed by atoms with Crippen molar-refractivity contribution in [2.24, 2.45) is 5.73 Å². The first-order chi connectivity index (χ1) is 6.59. The maximum absolute atomic E-state index is 6.05. The molecule has 0 aromatic carbocycles. The summed E-state index contributed by atoms with van der Waals surface area (Å²) in [6.45, 7) is 3.91. The second-order valence-corrected chi connectivity index (χ2v) is 4.54. The largest absolute Gasteiger partial charge is 0.469 e. The van der Waals surface area contributed by atoms with Gasteiger partial charge >= 0.3 is 0 Å². The molecule has 3 heteroatoms. The average molecular weight is 194 g/mol. The van der Waals surface area contributed by atoms with Crippen LogP contribution in [0.1, 0.15) is 24.2 Å². The van der Waals surface area contributed by atoms with E-state index in [1.165, 1.54) is 18.4 Å². The van der Waals surface area contributed by atoms with E-state index in [0.29, 0.717) is 0 Å². The van der Waals surface area contributed by atoms with Crippen molar-refractivity contribution in [3.63, 3.8) is 0 Å². The van der Waals surface area contributed by atoms with Crippen molar-refractivity contribution in [3.8, 4) is 0 Å². The standard InChI is InChI=1S/C11H18N2O/c1-9-10(3-6-14-9)7-13(2)8-11(12)4-5-11/h3,6H,4-5,7-8,12H2,1-2H3. The molecular weight excluding hydrogens is 176 g/mol. The Bertz CT molecular complexity index is 315. The number of nitrogens with two attached hydrogens (primary N) is 1. The normalized spacial score (nSPS) is 18.9. The Morgan fingerprint density at radius 1 is 1.57 bits per heavy atom. The minimum absolute atomic E-state index is 0.104. The van der Waals surface area contributed by atoms with Gasteiger partial charge in [-0.05, 0) is 32.9 Å². The quantitative estimate of drug-likeness (QED) is 0.790. The zero-order valence-electron chi connectivity index (χ0n) is 8.92. The number of hydrogen-bond acceptors (Lipinski definition) is 3. The molecule has 0 unspecified atom stereocenters. The van der Waals surface area contributed by atoms with Gasteiger partial charge in [-0.1, -0.05) is 0 Å². The fourth-order valence-electron chi connectivity index (χ4n) is 1.78. The van der Waals surface area contributed by atoms with Crippen molar-refractivity contribution >= 4 is 0 Å². The van der Waals surface area contributed by atoms with E-state index in [2.05, 4.69) is 11.9 Å². The molecule has 2 N–H and O–H groups in total. The average Bonchev–Trinajstić information content (AvgIpc) is 2.67. The van der Waals surface area contributed by atoms with Crippen molar-refractivity contribution < 1.29 is 4.42 Å². The monoisotopic (exact) mass is 194 g/mol. The summed E-state index contributed by atoms with van der Waals surface area (Å²) in [7, 11) is 2.11. The molecule has 14 heavy (non-hydrogen) atoms. The summed E-state index contributed by atoms with van der Waals surface area (Å²) in [5.41, 5.74) is 7.41. The van der Waals surface area contributed by atoms with E-state index in [-0.39, 0.29) is 5.54 Å². The number of hydrogen-bond donors (Lipinski definition) is 1. The summed E-state index contributed by atoms with van der Waals surface area (Å²) < 4.78 is 5.25. The first-order valence-electron chi connectivity index (χ1n) is 5.09. The van der Waals surface area contributed by atoms with Crippen molar-refractivity contribution in [1.29, 1.82) is 0 Å². The van der Waals surface area contributed by atoms with Crippen LogP contribution >= 0.6 is 0 Å². The lowest BCUT2D eigenvalue weighted by Gasteiger charge is -2.20. The molecule has 1 aliphatic carbocycles. The molecule has 78 valence electrons. The van der Waals surface area contributed by atoms with Crippen molar-refractivity contribution in [2.45, 2.75) is 31.8 Å². The van der Waals surface area contributed by atoms with Crippen LogP contribution in [0, 0.1) is 6.92 Å². The lowest BCUT2D eigenvalue weighted by molar-refractivity contribution is 0.293. The molecule has 1 fully saturated rings. The molecule has 2 rings (SSSR count). The number of furan rings is 1. The third-order valence-corrected chi connectivity index (χ3v) is 2.88. The second-order valence-electron chi connectivity index (χ2n) is 4.54. The molecule has 1 aliphatic rings. The second kappa shape index (κ2) is 3.41. The Balaban J connectivity index is 1.88. The summed E-state index contributed by atoms with van der Waals surface area (Å²) in [6, 6.07) is 2.03. The van der Waals surface area contributed by atoms with Gasteiger partial charge in [-0.15, -0.1) is 0 Å². The third-order valence-electron chi connectivity index (χ3n) is 2.88. The number of likely N-dealkylation sites (N-methyl/N-ethyl adjacent to an activating group) is 1. The van der Waals surface area contributed by atoms with E-state index in [4.69, 9.17) is 10.2 Å². The summed E-state index contributed by atoms with van der Waals surface area (Å²) in [4.78, 5) is 2.27. The number of aryl methyl sites for hydroxylation is 1. The number of rotatable bonds is 4. The SMILES string of the molecule is Cc1occc1CN(C)CC1(N)CC1. The molecule has 1 aromatic rings. The van der Waals surface area contributed by atoms with Crippen LogP contribution in [0.25, 0.3) is 0 Å². The van der Waals surface area contributed by atoms with Gasteiger partial charge in [0.1, 0.15) is 5.76 Å². The van der Waals surface area contributed by atoms with Gasteiger partial charge in [-0.3, -0.25) is 0 Å². The van der Waals surface area contributed by atoms with Gasteiger partial charge in [0.25, 0.3) is 0 Å². The lowest BCUT2D eigenvalue weighted by Crippen LogP contribution is -2.36. The van der Waals surface area contributed by atoms with Gasteiger partial charge in [0.2, 0.25) is 0 Å². The Labute approximate surface area is 84.9 Å². The van der Waals surface area contributed by atoms with Gasteiger partial charge in [0, 0.05) is 24.2 Å². The van der Waals surface area contributed by atoms with E-state index < -0.39 is 0 Å². The summed E-state index contributed by atoms with van der Waals surface area (Å²) in [6.07, 6.45) is 4.08. The van der Waals surface area contributed by atoms with E-state index in [1.54, 1.807) is 6.26 Å². The molecule has 0 atom stereocenters. The van der Waals surface area contributed by atoms with Crippen molar-refractivity contribution in [2.75, 3.05) is 13.6 Å². The molecule has 0 radical (unpaired) electrons. The molecule has 0 saturated heterocycles. The molecular formula is C11H18N2O. The first-order valence-corrected chi connectivity index (χ1v) is 5.09. The zero-order valence-corrected chi connectivity index (χ0v) is 8.92. The minimum atomic E-state index is 0.104. The van der Waals surface area contributed by atoms with Crippen LogP contribution < -0.4 is 5.73 Å². The van der Waals surface area contributed by atoms with E-state index in [1.807, 2.05) is 13.0 Å². The first kappa shape index (κ1) is 9.74. The summed E-state index contributed by atoms with van der Waals surface area (Å²) >= 11 is 0. The highest BCUT2D eigenvalue weighted by atomic mass is 16.3. The highest BCUT2D eigenvalue weighted by Crippen LogP contribution is 2.32. The Hall–Kier alpha value is -0.800. The highest BCUT2D eigenvalue weighted by Gasteiger charge is 2.38. The fraction of sp³-hybridized carbons (Fsp3) is 0.636. The maximum Gasteiger partial charge on any atom is 0.105 e. The Kier molecular flexibility index (Phi) is 2.37.